The molecular formula is C33H40N8O. The molecular weight excluding hydrogens is 524 g/mol. The first-order valence-electron chi connectivity index (χ1n) is 14.6. The number of aromatic nitrogens is 3. The van der Waals surface area contributed by atoms with Gasteiger partial charge in [0.15, 0.2) is 0 Å². The van der Waals surface area contributed by atoms with Crippen LogP contribution < -0.4 is 16.0 Å². The van der Waals surface area contributed by atoms with E-state index in [9.17, 15) is 10.1 Å². The Balaban J connectivity index is 1.58. The van der Waals surface area contributed by atoms with Crippen LogP contribution in [-0.2, 0) is 18.3 Å². The highest BCUT2D eigenvalue weighted by atomic mass is 16.1. The number of nitriles is 1. The van der Waals surface area contributed by atoms with E-state index in [-0.39, 0.29) is 11.9 Å². The normalized spacial score (nSPS) is 19.3. The number of hydrogen-bond acceptors (Lipinski definition) is 7. The zero-order chi connectivity index (χ0) is 29.9. The topological polar surface area (TPSA) is 122 Å². The number of aryl methyl sites for hydroxylation is 3. The number of amides is 1. The maximum absolute atomic E-state index is 12.6. The molecule has 0 saturated carbocycles. The number of carbonyl (C=O) groups excluding carboxylic acids is 1. The molecule has 1 amide bonds. The molecule has 1 saturated heterocycles. The minimum Gasteiger partial charge on any atom is -0.388 e. The molecule has 0 spiro atoms. The second-order valence-electron chi connectivity index (χ2n) is 11.2. The predicted molar refractivity (Wildman–Crippen MR) is 165 cm³/mol. The van der Waals surface area contributed by atoms with Crippen molar-refractivity contribution in [2.75, 3.05) is 33.7 Å². The van der Waals surface area contributed by atoms with Crippen LogP contribution in [0, 0.1) is 18.3 Å². The van der Waals surface area contributed by atoms with E-state index in [4.69, 9.17) is 5.10 Å². The molecule has 2 atom stereocenters. The average Bonchev–Trinajstić information content (AvgIpc) is 3.66. The Kier molecular flexibility index (Phi) is 8.46. The van der Waals surface area contributed by atoms with Crippen LogP contribution in [-0.4, -0.2) is 65.8 Å². The molecule has 9 heteroatoms. The summed E-state index contributed by atoms with van der Waals surface area (Å²) < 4.78 is 0. The van der Waals surface area contributed by atoms with E-state index in [1.165, 1.54) is 11.1 Å². The molecule has 4 N–H and O–H groups in total. The number of carbonyl (C=O) groups is 1. The van der Waals surface area contributed by atoms with Crippen molar-refractivity contribution in [3.05, 3.63) is 100 Å². The first-order valence-corrected chi connectivity index (χ1v) is 14.6. The summed E-state index contributed by atoms with van der Waals surface area (Å²) in [6.45, 7) is 12.5. The van der Waals surface area contributed by atoms with Gasteiger partial charge in [-0.2, -0.15) is 5.26 Å². The van der Waals surface area contributed by atoms with Crippen LogP contribution in [0.2, 0.25) is 0 Å². The summed E-state index contributed by atoms with van der Waals surface area (Å²) in [5.74, 6) is 1.42. The molecule has 3 aromatic rings. The minimum atomic E-state index is -0.639. The Bertz CT molecular complexity index is 1480. The van der Waals surface area contributed by atoms with Crippen molar-refractivity contribution in [1.29, 1.82) is 5.26 Å². The number of nitrogens with zero attached hydrogens (tertiary/aromatic N) is 4. The van der Waals surface area contributed by atoms with E-state index in [0.717, 1.165) is 72.0 Å². The molecule has 2 aliphatic rings. The van der Waals surface area contributed by atoms with E-state index in [0.29, 0.717) is 25.1 Å². The lowest BCUT2D eigenvalue weighted by molar-refractivity contribution is 0.0963. The number of likely N-dealkylation sites (tertiary alicyclic amines) is 1. The van der Waals surface area contributed by atoms with Gasteiger partial charge in [-0.25, -0.2) is 0 Å². The number of benzene rings is 2. The molecule has 5 rings (SSSR count). The van der Waals surface area contributed by atoms with Gasteiger partial charge in [-0.1, -0.05) is 31.4 Å². The molecule has 0 bridgehead atoms. The fourth-order valence-corrected chi connectivity index (χ4v) is 6.54. The fraction of sp³-hybridized carbons (Fsp3) is 0.394. The summed E-state index contributed by atoms with van der Waals surface area (Å²) in [6, 6.07) is 14.9. The van der Waals surface area contributed by atoms with Gasteiger partial charge in [-0.15, -0.1) is 10.2 Å². The number of nitrogens with one attached hydrogen (secondary N) is 4. The Morgan fingerprint density at radius 3 is 2.40 bits per heavy atom. The number of rotatable bonds is 10. The van der Waals surface area contributed by atoms with Crippen LogP contribution in [0.3, 0.4) is 0 Å². The van der Waals surface area contributed by atoms with Crippen molar-refractivity contribution >= 4 is 11.6 Å². The molecule has 42 heavy (non-hydrogen) atoms. The maximum Gasteiger partial charge on any atom is 0.251 e. The van der Waals surface area contributed by atoms with Crippen LogP contribution in [0.4, 0.5) is 0 Å². The molecule has 2 heterocycles. The summed E-state index contributed by atoms with van der Waals surface area (Å²) in [5, 5.41) is 28.2. The first-order chi connectivity index (χ1) is 20.3. The third-order valence-corrected chi connectivity index (χ3v) is 8.75. The first kappa shape index (κ1) is 29.1. The average molecular weight is 565 g/mol. The Morgan fingerprint density at radius 1 is 1.10 bits per heavy atom. The molecule has 0 radical (unpaired) electrons. The second-order valence-corrected chi connectivity index (χ2v) is 11.2. The largest absolute Gasteiger partial charge is 0.388 e. The quantitative estimate of drug-likeness (QED) is 0.278. The van der Waals surface area contributed by atoms with Crippen LogP contribution >= 0.6 is 0 Å². The maximum atomic E-state index is 12.6. The number of hydrogen-bond donors (Lipinski definition) is 4. The third kappa shape index (κ3) is 5.30. The van der Waals surface area contributed by atoms with Crippen LogP contribution in [0.25, 0.3) is 5.70 Å². The van der Waals surface area contributed by atoms with Gasteiger partial charge in [0.25, 0.3) is 5.91 Å². The fourth-order valence-electron chi connectivity index (χ4n) is 6.54. The van der Waals surface area contributed by atoms with Crippen LogP contribution in [0.15, 0.2) is 55.3 Å². The van der Waals surface area contributed by atoms with E-state index >= 15 is 0 Å². The van der Waals surface area contributed by atoms with E-state index in [1.807, 2.05) is 26.1 Å². The smallest absolute Gasteiger partial charge is 0.251 e. The van der Waals surface area contributed by atoms with Gasteiger partial charge in [0.2, 0.25) is 0 Å². The third-order valence-electron chi connectivity index (χ3n) is 8.75. The molecule has 1 aromatic heterocycles. The molecule has 2 aromatic carbocycles. The number of fused-ring (bicyclic) bond motifs is 2. The summed E-state index contributed by atoms with van der Waals surface area (Å²) in [4.78, 5) is 18.2. The molecule has 218 valence electrons. The highest BCUT2D eigenvalue weighted by Gasteiger charge is 2.43. The molecule has 1 aliphatic carbocycles. The van der Waals surface area contributed by atoms with Gasteiger partial charge in [-0.3, -0.25) is 4.79 Å². The highest BCUT2D eigenvalue weighted by Crippen LogP contribution is 2.46. The summed E-state index contributed by atoms with van der Waals surface area (Å²) in [5.41, 5.74) is 7.47. The SMILES string of the molecule is C=C(NC)c1ccc2c(c1)CCc1cc(C(=O)NC)ccc1C2(CCNCC(=C)N1CCCC1C#N)c1nnc(C)[nH]1. The number of aromatic amines is 1. The van der Waals surface area contributed by atoms with E-state index in [2.05, 4.69) is 74.4 Å². The summed E-state index contributed by atoms with van der Waals surface area (Å²) in [7, 11) is 3.54. The van der Waals surface area contributed by atoms with E-state index in [1.54, 1.807) is 7.05 Å². The van der Waals surface area contributed by atoms with Crippen molar-refractivity contribution in [3.8, 4) is 6.07 Å². The van der Waals surface area contributed by atoms with Gasteiger partial charge < -0.3 is 25.8 Å². The predicted octanol–water partition coefficient (Wildman–Crippen LogP) is 3.58. The van der Waals surface area contributed by atoms with Crippen molar-refractivity contribution in [1.82, 2.24) is 36.0 Å². The standard InChI is InChI=1S/C33H40N8O/c1-21(41-16-6-7-28(41)19-34)20-37-15-14-33(32-38-23(3)39-40-32)29-12-10-24(22(2)35-4)17-25(29)8-9-26-18-27(31(42)36-5)11-13-30(26)33/h10-13,17-18,28,35,37H,1-2,6-9,14-16,20H2,3-5H3,(H,36,42)(H,38,39,40). The lowest BCUT2D eigenvalue weighted by Gasteiger charge is -2.35. The van der Waals surface area contributed by atoms with Crippen molar-refractivity contribution in [2.24, 2.45) is 0 Å². The highest BCUT2D eigenvalue weighted by molar-refractivity contribution is 5.94. The van der Waals surface area contributed by atoms with E-state index < -0.39 is 5.41 Å². The monoisotopic (exact) mass is 564 g/mol. The zero-order valence-electron chi connectivity index (χ0n) is 24.8. The van der Waals surface area contributed by atoms with Gasteiger partial charge in [0.05, 0.1) is 11.5 Å². The molecule has 9 nitrogen and oxygen atoms in total. The van der Waals surface area contributed by atoms with Gasteiger partial charge in [-0.05, 0) is 91.6 Å². The number of H-pyrrole nitrogens is 1. The summed E-state index contributed by atoms with van der Waals surface area (Å²) in [6.07, 6.45) is 4.19. The van der Waals surface area contributed by atoms with Gasteiger partial charge in [0.1, 0.15) is 17.7 Å². The van der Waals surface area contributed by atoms with Gasteiger partial charge >= 0.3 is 0 Å². The summed E-state index contributed by atoms with van der Waals surface area (Å²) >= 11 is 0. The molecule has 1 fully saturated rings. The Morgan fingerprint density at radius 2 is 1.79 bits per heavy atom. The Hall–Kier alpha value is -4.42. The van der Waals surface area contributed by atoms with Crippen LogP contribution in [0.5, 0.6) is 0 Å². The van der Waals surface area contributed by atoms with Crippen molar-refractivity contribution in [2.45, 2.75) is 50.5 Å². The van der Waals surface area contributed by atoms with Crippen LogP contribution in [0.1, 0.15) is 69.1 Å². The zero-order valence-corrected chi connectivity index (χ0v) is 24.8. The van der Waals surface area contributed by atoms with Gasteiger partial charge in [0, 0.05) is 44.1 Å². The second kappa shape index (κ2) is 12.2. The minimum absolute atomic E-state index is 0.0977. The van der Waals surface area contributed by atoms with Crippen molar-refractivity contribution in [3.63, 3.8) is 0 Å². The van der Waals surface area contributed by atoms with Crippen molar-refractivity contribution < 1.29 is 4.79 Å². The molecule has 1 aliphatic heterocycles. The lowest BCUT2D eigenvalue weighted by Crippen LogP contribution is -2.38. The lowest BCUT2D eigenvalue weighted by atomic mass is 9.69. The molecule has 2 unspecified atom stereocenters. The Labute approximate surface area is 248 Å².